The second-order valence-electron chi connectivity index (χ2n) is 3.97. The van der Waals surface area contributed by atoms with Crippen molar-refractivity contribution in [3.8, 4) is 0 Å². The third-order valence-corrected chi connectivity index (χ3v) is 3.03. The molecule has 1 aromatic heterocycles. The van der Waals surface area contributed by atoms with Crippen LogP contribution in [0.25, 0.3) is 10.9 Å². The van der Waals surface area contributed by atoms with E-state index >= 15 is 0 Å². The van der Waals surface area contributed by atoms with Gasteiger partial charge in [0, 0.05) is 11.6 Å². The van der Waals surface area contributed by atoms with E-state index in [9.17, 15) is 14.4 Å². The highest BCUT2D eigenvalue weighted by atomic mass is 35.5. The fourth-order valence-electron chi connectivity index (χ4n) is 1.98. The maximum absolute atomic E-state index is 12.1. The zero-order valence-corrected chi connectivity index (χ0v) is 10.8. The molecule has 1 heterocycles. The molecule has 100 valence electrons. The van der Waals surface area contributed by atoms with Gasteiger partial charge in [0.1, 0.15) is 6.54 Å². The number of halogens is 1. The SMILES string of the molecule is CCn1c(=O)n(CC(=O)O)c(=O)c2cc(Cl)ccc21. The maximum Gasteiger partial charge on any atom is 0.332 e. The van der Waals surface area contributed by atoms with Crippen molar-refractivity contribution in [3.05, 3.63) is 44.1 Å². The molecule has 1 N–H and O–H groups in total. The van der Waals surface area contributed by atoms with Gasteiger partial charge in [-0.15, -0.1) is 0 Å². The minimum Gasteiger partial charge on any atom is -0.480 e. The molecule has 0 radical (unpaired) electrons. The molecule has 0 aliphatic heterocycles. The van der Waals surface area contributed by atoms with Crippen LogP contribution in [0.15, 0.2) is 27.8 Å². The molecule has 0 atom stereocenters. The summed E-state index contributed by atoms with van der Waals surface area (Å²) in [5.41, 5.74) is -0.831. The van der Waals surface area contributed by atoms with Gasteiger partial charge in [-0.25, -0.2) is 9.36 Å². The quantitative estimate of drug-likeness (QED) is 0.908. The number of carbonyl (C=O) groups is 1. The third-order valence-electron chi connectivity index (χ3n) is 2.80. The van der Waals surface area contributed by atoms with Crippen LogP contribution in [0.2, 0.25) is 5.02 Å². The Morgan fingerprint density at radius 1 is 1.32 bits per heavy atom. The summed E-state index contributed by atoms with van der Waals surface area (Å²) in [6.45, 7) is 1.40. The number of hydrogen-bond donors (Lipinski definition) is 1. The molecule has 1 aromatic carbocycles. The summed E-state index contributed by atoms with van der Waals surface area (Å²) in [6.07, 6.45) is 0. The third kappa shape index (κ3) is 2.26. The molecule has 7 heteroatoms. The molecule has 0 fully saturated rings. The van der Waals surface area contributed by atoms with Crippen LogP contribution in [0.1, 0.15) is 6.92 Å². The lowest BCUT2D eigenvalue weighted by Gasteiger charge is -2.11. The van der Waals surface area contributed by atoms with E-state index in [-0.39, 0.29) is 5.39 Å². The Morgan fingerprint density at radius 2 is 2.00 bits per heavy atom. The molecule has 2 rings (SSSR count). The highest BCUT2D eigenvalue weighted by Crippen LogP contribution is 2.15. The van der Waals surface area contributed by atoms with Gasteiger partial charge in [0.2, 0.25) is 0 Å². The van der Waals surface area contributed by atoms with Gasteiger partial charge in [0.25, 0.3) is 5.56 Å². The monoisotopic (exact) mass is 282 g/mol. The minimum atomic E-state index is -1.25. The zero-order chi connectivity index (χ0) is 14.2. The van der Waals surface area contributed by atoms with Crippen molar-refractivity contribution in [2.45, 2.75) is 20.0 Å². The Morgan fingerprint density at radius 3 is 2.58 bits per heavy atom. The zero-order valence-electron chi connectivity index (χ0n) is 10.1. The molecular formula is C12H11ClN2O4. The summed E-state index contributed by atoms with van der Waals surface area (Å²) in [7, 11) is 0. The molecule has 0 aliphatic carbocycles. The first kappa shape index (κ1) is 13.4. The topological polar surface area (TPSA) is 81.3 Å². The Kier molecular flexibility index (Phi) is 3.44. The number of aromatic nitrogens is 2. The molecular weight excluding hydrogens is 272 g/mol. The fraction of sp³-hybridized carbons (Fsp3) is 0.250. The molecule has 0 aliphatic rings. The molecule has 19 heavy (non-hydrogen) atoms. The fourth-order valence-corrected chi connectivity index (χ4v) is 2.15. The lowest BCUT2D eigenvalue weighted by Crippen LogP contribution is -2.41. The van der Waals surface area contributed by atoms with Gasteiger partial charge in [-0.3, -0.25) is 14.2 Å². The predicted octanol–water partition coefficient (Wildman–Crippen LogP) is 0.921. The van der Waals surface area contributed by atoms with Crippen LogP contribution in [0.3, 0.4) is 0 Å². The molecule has 6 nitrogen and oxygen atoms in total. The van der Waals surface area contributed by atoms with Crippen LogP contribution in [0.4, 0.5) is 0 Å². The van der Waals surface area contributed by atoms with E-state index in [1.807, 2.05) is 0 Å². The van der Waals surface area contributed by atoms with E-state index in [0.29, 0.717) is 21.7 Å². The van der Waals surface area contributed by atoms with Crippen LogP contribution >= 0.6 is 11.6 Å². The van der Waals surface area contributed by atoms with Crippen LogP contribution in [0.5, 0.6) is 0 Å². The molecule has 0 saturated heterocycles. The summed E-state index contributed by atoms with van der Waals surface area (Å²) >= 11 is 5.83. The second-order valence-corrected chi connectivity index (χ2v) is 4.41. The van der Waals surface area contributed by atoms with Crippen molar-refractivity contribution in [2.24, 2.45) is 0 Å². The van der Waals surface area contributed by atoms with Crippen molar-refractivity contribution in [1.29, 1.82) is 0 Å². The number of aliphatic carboxylic acids is 1. The Labute approximate surface area is 112 Å². The summed E-state index contributed by atoms with van der Waals surface area (Å²) < 4.78 is 2.04. The predicted molar refractivity (Wildman–Crippen MR) is 70.8 cm³/mol. The first-order valence-electron chi connectivity index (χ1n) is 5.60. The van der Waals surface area contributed by atoms with Gasteiger partial charge in [-0.2, -0.15) is 0 Å². The van der Waals surface area contributed by atoms with Gasteiger partial charge in [0.15, 0.2) is 0 Å². The Hall–Kier alpha value is -2.08. The van der Waals surface area contributed by atoms with Crippen molar-refractivity contribution in [1.82, 2.24) is 9.13 Å². The van der Waals surface area contributed by atoms with Gasteiger partial charge >= 0.3 is 11.7 Å². The second kappa shape index (κ2) is 4.89. The van der Waals surface area contributed by atoms with E-state index in [4.69, 9.17) is 16.7 Å². The van der Waals surface area contributed by atoms with E-state index in [0.717, 1.165) is 0 Å². The summed E-state index contributed by atoms with van der Waals surface area (Å²) in [4.78, 5) is 35.0. The smallest absolute Gasteiger partial charge is 0.332 e. The first-order chi connectivity index (χ1) is 8.95. The molecule has 0 saturated carbocycles. The number of carboxylic acids is 1. The van der Waals surface area contributed by atoms with Crippen LogP contribution in [-0.2, 0) is 17.9 Å². The molecule has 0 bridgehead atoms. The van der Waals surface area contributed by atoms with Crippen molar-refractivity contribution >= 4 is 28.5 Å². The number of aryl methyl sites for hydroxylation is 1. The Balaban J connectivity index is 2.95. The number of benzene rings is 1. The van der Waals surface area contributed by atoms with E-state index < -0.39 is 23.8 Å². The lowest BCUT2D eigenvalue weighted by molar-refractivity contribution is -0.137. The normalized spacial score (nSPS) is 10.8. The van der Waals surface area contributed by atoms with E-state index in [1.165, 1.54) is 10.6 Å². The van der Waals surface area contributed by atoms with Crippen LogP contribution < -0.4 is 11.2 Å². The molecule has 2 aromatic rings. The van der Waals surface area contributed by atoms with Gasteiger partial charge in [-0.05, 0) is 25.1 Å². The molecule has 0 unspecified atom stereocenters. The minimum absolute atomic E-state index is 0.232. The maximum atomic E-state index is 12.1. The van der Waals surface area contributed by atoms with Crippen molar-refractivity contribution in [2.75, 3.05) is 0 Å². The van der Waals surface area contributed by atoms with Gasteiger partial charge in [0.05, 0.1) is 10.9 Å². The highest BCUT2D eigenvalue weighted by Gasteiger charge is 2.14. The van der Waals surface area contributed by atoms with Gasteiger partial charge in [-0.1, -0.05) is 11.6 Å². The van der Waals surface area contributed by atoms with Crippen LogP contribution in [-0.4, -0.2) is 20.2 Å². The largest absolute Gasteiger partial charge is 0.480 e. The first-order valence-corrected chi connectivity index (χ1v) is 5.98. The number of nitrogens with zero attached hydrogens (tertiary/aromatic N) is 2. The average Bonchev–Trinajstić information content (AvgIpc) is 2.36. The lowest BCUT2D eigenvalue weighted by atomic mass is 10.2. The molecule has 0 amide bonds. The number of hydrogen-bond acceptors (Lipinski definition) is 3. The number of carboxylic acid groups (broad SMARTS) is 1. The van der Waals surface area contributed by atoms with E-state index in [2.05, 4.69) is 0 Å². The number of fused-ring (bicyclic) bond motifs is 1. The Bertz CT molecular complexity index is 776. The van der Waals surface area contributed by atoms with Crippen molar-refractivity contribution < 1.29 is 9.90 Å². The standard InChI is InChI=1S/C12H11ClN2O4/c1-2-14-9-4-3-7(13)5-8(9)11(18)15(12(14)19)6-10(16)17/h3-5H,2,6H2,1H3,(H,16,17). The summed E-state index contributed by atoms with van der Waals surface area (Å²) in [5, 5.41) is 9.36. The van der Waals surface area contributed by atoms with Crippen LogP contribution in [0, 0.1) is 0 Å². The van der Waals surface area contributed by atoms with Gasteiger partial charge < -0.3 is 5.11 Å². The number of rotatable bonds is 3. The summed E-state index contributed by atoms with van der Waals surface area (Å²) in [6, 6.07) is 4.59. The van der Waals surface area contributed by atoms with E-state index in [1.54, 1.807) is 19.1 Å². The highest BCUT2D eigenvalue weighted by molar-refractivity contribution is 6.31. The van der Waals surface area contributed by atoms with Crippen molar-refractivity contribution in [3.63, 3.8) is 0 Å². The molecule has 0 spiro atoms. The summed E-state index contributed by atoms with van der Waals surface area (Å²) in [5.74, 6) is -1.25. The average molecular weight is 283 g/mol.